The van der Waals surface area contributed by atoms with Crippen LogP contribution in [0.2, 0.25) is 0 Å². The molecule has 0 atom stereocenters. The Labute approximate surface area is 56.7 Å². The van der Waals surface area contributed by atoms with E-state index in [1.165, 1.54) is 5.70 Å². The lowest BCUT2D eigenvalue weighted by molar-refractivity contribution is -0.443. The van der Waals surface area contributed by atoms with E-state index >= 15 is 0 Å². The molecule has 0 aromatic rings. The van der Waals surface area contributed by atoms with Crippen molar-refractivity contribution in [2.75, 3.05) is 7.05 Å². The van der Waals surface area contributed by atoms with E-state index in [0.717, 1.165) is 6.42 Å². The van der Waals surface area contributed by atoms with E-state index in [9.17, 15) is 0 Å². The standard InChI is InChI=1S/C8H14N/c1-7(2)8-5-4-6-9(8)3/h5-7H,4H2,1-3H3/q+1. The van der Waals surface area contributed by atoms with Gasteiger partial charge in [0.25, 0.3) is 0 Å². The van der Waals surface area contributed by atoms with Crippen molar-refractivity contribution in [3.05, 3.63) is 11.8 Å². The van der Waals surface area contributed by atoms with Gasteiger partial charge in [-0.3, -0.25) is 0 Å². The molecule has 0 spiro atoms. The van der Waals surface area contributed by atoms with E-state index in [1.807, 2.05) is 0 Å². The quantitative estimate of drug-likeness (QED) is 0.467. The van der Waals surface area contributed by atoms with Crippen molar-refractivity contribution in [2.45, 2.75) is 20.3 Å². The van der Waals surface area contributed by atoms with Gasteiger partial charge in [-0.25, -0.2) is 4.58 Å². The SMILES string of the molecule is CC(C)C1=CCC=[N+]1C. The van der Waals surface area contributed by atoms with E-state index in [-0.39, 0.29) is 0 Å². The second kappa shape index (κ2) is 2.34. The van der Waals surface area contributed by atoms with E-state index in [0.29, 0.717) is 5.92 Å². The fraction of sp³-hybridized carbons (Fsp3) is 0.625. The maximum Gasteiger partial charge on any atom is 0.179 e. The van der Waals surface area contributed by atoms with Crippen LogP contribution in [0.3, 0.4) is 0 Å². The van der Waals surface area contributed by atoms with Crippen LogP contribution >= 0.6 is 0 Å². The van der Waals surface area contributed by atoms with Crippen molar-refractivity contribution in [3.8, 4) is 0 Å². The van der Waals surface area contributed by atoms with E-state index in [4.69, 9.17) is 0 Å². The average Bonchev–Trinajstić information content (AvgIpc) is 2.13. The monoisotopic (exact) mass is 124 g/mol. The van der Waals surface area contributed by atoms with Gasteiger partial charge in [-0.05, 0) is 6.08 Å². The van der Waals surface area contributed by atoms with Gasteiger partial charge in [0, 0.05) is 12.3 Å². The molecule has 1 aliphatic heterocycles. The molecular weight excluding hydrogens is 110 g/mol. The zero-order valence-corrected chi connectivity index (χ0v) is 6.39. The minimum absolute atomic E-state index is 0.675. The number of hydrogen-bond acceptors (Lipinski definition) is 0. The van der Waals surface area contributed by atoms with Crippen LogP contribution in [0.5, 0.6) is 0 Å². The molecule has 0 saturated carbocycles. The fourth-order valence-electron chi connectivity index (χ4n) is 1.22. The molecule has 1 heteroatoms. The summed E-state index contributed by atoms with van der Waals surface area (Å²) in [6.45, 7) is 4.45. The van der Waals surface area contributed by atoms with E-state index in [2.05, 4.69) is 37.8 Å². The predicted octanol–water partition coefficient (Wildman–Crippen LogP) is 1.64. The normalized spacial score (nSPS) is 18.2. The van der Waals surface area contributed by atoms with Gasteiger partial charge < -0.3 is 0 Å². The summed E-state index contributed by atoms with van der Waals surface area (Å²) in [5.41, 5.74) is 1.45. The van der Waals surface area contributed by atoms with Crippen LogP contribution < -0.4 is 0 Å². The van der Waals surface area contributed by atoms with Crippen LogP contribution in [0, 0.1) is 5.92 Å². The van der Waals surface area contributed by atoms with E-state index in [1.54, 1.807) is 0 Å². The van der Waals surface area contributed by atoms with Crippen LogP contribution in [0.4, 0.5) is 0 Å². The zero-order valence-electron chi connectivity index (χ0n) is 6.39. The third-order valence-corrected chi connectivity index (χ3v) is 1.71. The molecule has 1 heterocycles. The summed E-state index contributed by atoms with van der Waals surface area (Å²) in [6.07, 6.45) is 5.60. The van der Waals surface area contributed by atoms with Gasteiger partial charge in [0.1, 0.15) is 13.3 Å². The lowest BCUT2D eigenvalue weighted by atomic mass is 10.1. The van der Waals surface area contributed by atoms with Crippen LogP contribution in [0.15, 0.2) is 11.8 Å². The first kappa shape index (κ1) is 6.53. The number of nitrogens with zero attached hydrogens (tertiary/aromatic N) is 1. The summed E-state index contributed by atoms with van der Waals surface area (Å²) in [5, 5.41) is 0. The Morgan fingerprint density at radius 1 is 1.56 bits per heavy atom. The summed E-state index contributed by atoms with van der Waals surface area (Å²) in [4.78, 5) is 0. The summed E-state index contributed by atoms with van der Waals surface area (Å²) < 4.78 is 2.21. The number of rotatable bonds is 1. The summed E-state index contributed by atoms with van der Waals surface area (Å²) in [6, 6.07) is 0. The molecule has 1 nitrogen and oxygen atoms in total. The van der Waals surface area contributed by atoms with Crippen molar-refractivity contribution in [2.24, 2.45) is 5.92 Å². The molecule has 0 aromatic carbocycles. The Hall–Kier alpha value is -0.590. The van der Waals surface area contributed by atoms with Gasteiger partial charge in [0.15, 0.2) is 5.70 Å². The first-order chi connectivity index (χ1) is 4.22. The lowest BCUT2D eigenvalue weighted by Gasteiger charge is -1.99. The molecule has 0 fully saturated rings. The Morgan fingerprint density at radius 2 is 2.22 bits per heavy atom. The molecule has 0 amide bonds. The Kier molecular flexibility index (Phi) is 1.70. The summed E-state index contributed by atoms with van der Waals surface area (Å²) in [5.74, 6) is 0.675. The van der Waals surface area contributed by atoms with Crippen LogP contribution in [0.1, 0.15) is 20.3 Å². The zero-order chi connectivity index (χ0) is 6.85. The van der Waals surface area contributed by atoms with Crippen molar-refractivity contribution < 1.29 is 4.58 Å². The minimum atomic E-state index is 0.675. The molecule has 0 N–H and O–H groups in total. The molecule has 0 aliphatic carbocycles. The fourth-order valence-corrected chi connectivity index (χ4v) is 1.22. The van der Waals surface area contributed by atoms with Gasteiger partial charge in [-0.2, -0.15) is 0 Å². The maximum absolute atomic E-state index is 2.28. The molecular formula is C8H14N+. The Balaban J connectivity index is 2.72. The smallest absolute Gasteiger partial charge is 0.179 e. The average molecular weight is 124 g/mol. The molecule has 0 aromatic heterocycles. The number of allylic oxidation sites excluding steroid dienone is 2. The third-order valence-electron chi connectivity index (χ3n) is 1.71. The molecule has 1 aliphatic rings. The molecule has 50 valence electrons. The Bertz CT molecular complexity index is 163. The van der Waals surface area contributed by atoms with Crippen molar-refractivity contribution in [1.82, 2.24) is 0 Å². The number of hydrogen-bond donors (Lipinski definition) is 0. The van der Waals surface area contributed by atoms with Gasteiger partial charge in [-0.1, -0.05) is 13.8 Å². The second-order valence-corrected chi connectivity index (χ2v) is 2.81. The van der Waals surface area contributed by atoms with E-state index < -0.39 is 0 Å². The largest absolute Gasteiger partial charge is 0.209 e. The highest BCUT2D eigenvalue weighted by Gasteiger charge is 2.15. The predicted molar refractivity (Wildman–Crippen MR) is 39.8 cm³/mol. The van der Waals surface area contributed by atoms with Crippen LogP contribution in [-0.4, -0.2) is 17.8 Å². The molecule has 1 rings (SSSR count). The van der Waals surface area contributed by atoms with Crippen LogP contribution in [-0.2, 0) is 0 Å². The molecule has 0 saturated heterocycles. The molecule has 0 bridgehead atoms. The summed E-state index contributed by atoms with van der Waals surface area (Å²) >= 11 is 0. The highest BCUT2D eigenvalue weighted by atomic mass is 15.0. The first-order valence-corrected chi connectivity index (χ1v) is 3.48. The van der Waals surface area contributed by atoms with Crippen molar-refractivity contribution >= 4 is 6.21 Å². The van der Waals surface area contributed by atoms with Gasteiger partial charge in [0.2, 0.25) is 0 Å². The van der Waals surface area contributed by atoms with Gasteiger partial charge in [-0.15, -0.1) is 0 Å². The highest BCUT2D eigenvalue weighted by Crippen LogP contribution is 2.13. The maximum atomic E-state index is 2.28. The molecule has 9 heavy (non-hydrogen) atoms. The highest BCUT2D eigenvalue weighted by molar-refractivity contribution is 5.57. The van der Waals surface area contributed by atoms with Crippen molar-refractivity contribution in [3.63, 3.8) is 0 Å². The molecule has 0 unspecified atom stereocenters. The third kappa shape index (κ3) is 1.21. The van der Waals surface area contributed by atoms with Gasteiger partial charge >= 0.3 is 0 Å². The summed E-state index contributed by atoms with van der Waals surface area (Å²) in [7, 11) is 2.11. The minimum Gasteiger partial charge on any atom is -0.209 e. The topological polar surface area (TPSA) is 3.01 Å². The Morgan fingerprint density at radius 3 is 2.44 bits per heavy atom. The van der Waals surface area contributed by atoms with Crippen molar-refractivity contribution in [1.29, 1.82) is 0 Å². The molecule has 0 radical (unpaired) electrons. The first-order valence-electron chi connectivity index (χ1n) is 3.48. The van der Waals surface area contributed by atoms with Crippen LogP contribution in [0.25, 0.3) is 0 Å². The lowest BCUT2D eigenvalue weighted by Crippen LogP contribution is -2.06. The second-order valence-electron chi connectivity index (χ2n) is 2.81. The van der Waals surface area contributed by atoms with Gasteiger partial charge in [0.05, 0.1) is 0 Å².